The molecule has 29 heavy (non-hydrogen) atoms. The summed E-state index contributed by atoms with van der Waals surface area (Å²) in [5.41, 5.74) is 1.20. The molecule has 1 aromatic carbocycles. The number of rotatable bonds is 4. The molecule has 152 valence electrons. The van der Waals surface area contributed by atoms with Gasteiger partial charge < -0.3 is 9.80 Å². The largest absolute Gasteiger partial charge is 0.371 e. The first-order valence-corrected chi connectivity index (χ1v) is 10.2. The second-order valence-electron chi connectivity index (χ2n) is 8.02. The number of aromatic nitrogens is 1. The minimum atomic E-state index is -1.08. The number of carbonyl (C=O) groups is 1. The maximum absolute atomic E-state index is 13.6. The Morgan fingerprint density at radius 2 is 2.14 bits per heavy atom. The monoisotopic (exact) mass is 395 g/mol. The lowest BCUT2D eigenvalue weighted by molar-refractivity contribution is -0.132. The van der Waals surface area contributed by atoms with Crippen molar-refractivity contribution in [1.29, 1.82) is 5.26 Å². The Kier molecular flexibility index (Phi) is 5.63. The molecule has 2 atom stereocenters. The van der Waals surface area contributed by atoms with E-state index in [-0.39, 0.29) is 25.4 Å². The van der Waals surface area contributed by atoms with Crippen LogP contribution in [0.3, 0.4) is 0 Å². The van der Waals surface area contributed by atoms with E-state index in [0.29, 0.717) is 6.04 Å². The van der Waals surface area contributed by atoms with Crippen molar-refractivity contribution in [3.63, 3.8) is 0 Å². The molecule has 0 saturated carbocycles. The van der Waals surface area contributed by atoms with Gasteiger partial charge >= 0.3 is 0 Å². The Hall–Kier alpha value is -2.72. The third-order valence-corrected chi connectivity index (χ3v) is 6.22. The van der Waals surface area contributed by atoms with Crippen molar-refractivity contribution in [1.82, 2.24) is 14.8 Å². The Labute approximate surface area is 170 Å². The van der Waals surface area contributed by atoms with Crippen LogP contribution in [0, 0.1) is 11.3 Å². The SMILES string of the molecule is CN(c1cccc2cnccc12)C1CCN(CC(=O)N2C[C@@H](F)C[C@H]2C#N)CC1. The summed E-state index contributed by atoms with van der Waals surface area (Å²) in [4.78, 5) is 22.6. The number of hydrogen-bond donors (Lipinski definition) is 0. The first-order valence-electron chi connectivity index (χ1n) is 10.2. The molecule has 2 aliphatic rings. The number of benzene rings is 1. The fourth-order valence-electron chi connectivity index (χ4n) is 4.54. The van der Waals surface area contributed by atoms with E-state index in [1.165, 1.54) is 16.0 Å². The van der Waals surface area contributed by atoms with Crippen molar-refractivity contribution in [2.75, 3.05) is 38.1 Å². The highest BCUT2D eigenvalue weighted by atomic mass is 19.1. The van der Waals surface area contributed by atoms with E-state index in [4.69, 9.17) is 5.26 Å². The number of piperidine rings is 1. The van der Waals surface area contributed by atoms with Gasteiger partial charge in [-0.2, -0.15) is 5.26 Å². The molecule has 2 aliphatic heterocycles. The molecule has 0 unspecified atom stereocenters. The Morgan fingerprint density at radius 3 is 2.90 bits per heavy atom. The number of amides is 1. The quantitative estimate of drug-likeness (QED) is 0.796. The first kappa shape index (κ1) is 19.6. The van der Waals surface area contributed by atoms with Gasteiger partial charge in [0, 0.05) is 61.5 Å². The van der Waals surface area contributed by atoms with Crippen LogP contribution in [-0.4, -0.2) is 72.2 Å². The van der Waals surface area contributed by atoms with Gasteiger partial charge in [0.2, 0.25) is 5.91 Å². The lowest BCUT2D eigenvalue weighted by Gasteiger charge is -2.38. The topological polar surface area (TPSA) is 63.5 Å². The number of fused-ring (bicyclic) bond motifs is 1. The molecule has 4 rings (SSSR count). The number of nitrogens with zero attached hydrogens (tertiary/aromatic N) is 5. The zero-order valence-corrected chi connectivity index (χ0v) is 16.7. The van der Waals surface area contributed by atoms with E-state index in [1.807, 2.05) is 12.4 Å². The van der Waals surface area contributed by atoms with Crippen LogP contribution in [0.15, 0.2) is 36.7 Å². The van der Waals surface area contributed by atoms with Gasteiger partial charge in [0.1, 0.15) is 12.2 Å². The van der Waals surface area contributed by atoms with Crippen LogP contribution >= 0.6 is 0 Å². The predicted octanol–water partition coefficient (Wildman–Crippen LogP) is 2.60. The molecule has 0 aliphatic carbocycles. The number of hydrogen-bond acceptors (Lipinski definition) is 5. The van der Waals surface area contributed by atoms with Gasteiger partial charge in [-0.25, -0.2) is 4.39 Å². The maximum Gasteiger partial charge on any atom is 0.237 e. The minimum Gasteiger partial charge on any atom is -0.371 e. The molecule has 1 amide bonds. The molecule has 2 aromatic rings. The van der Waals surface area contributed by atoms with Crippen molar-refractivity contribution in [2.45, 2.75) is 37.5 Å². The second kappa shape index (κ2) is 8.34. The van der Waals surface area contributed by atoms with Crippen molar-refractivity contribution in [2.24, 2.45) is 0 Å². The molecule has 0 radical (unpaired) electrons. The molecule has 0 N–H and O–H groups in total. The van der Waals surface area contributed by atoms with E-state index < -0.39 is 12.2 Å². The van der Waals surface area contributed by atoms with Crippen molar-refractivity contribution in [3.05, 3.63) is 36.7 Å². The molecule has 7 heteroatoms. The third kappa shape index (κ3) is 4.03. The van der Waals surface area contributed by atoms with Gasteiger partial charge in [-0.05, 0) is 25.0 Å². The van der Waals surface area contributed by atoms with Crippen molar-refractivity contribution < 1.29 is 9.18 Å². The standard InChI is InChI=1S/C22H26FN5O/c1-26(21-4-2-3-16-13-25-8-5-20(16)21)18-6-9-27(10-7-18)15-22(29)28-14-17(23)11-19(28)12-24/h2-5,8,13,17-19H,6-7,9-11,14-15H2,1H3/t17-,19-/m0/s1. The fraction of sp³-hybridized carbons (Fsp3) is 0.500. The highest BCUT2D eigenvalue weighted by Crippen LogP contribution is 2.29. The number of alkyl halides is 1. The lowest BCUT2D eigenvalue weighted by Crippen LogP contribution is -2.48. The molecule has 0 bridgehead atoms. The van der Waals surface area contributed by atoms with Crippen LogP contribution in [0.1, 0.15) is 19.3 Å². The molecule has 2 saturated heterocycles. The molecule has 3 heterocycles. The molecular weight excluding hydrogens is 369 g/mol. The number of carbonyl (C=O) groups excluding carboxylic acids is 1. The van der Waals surface area contributed by atoms with E-state index in [9.17, 15) is 9.18 Å². The van der Waals surface area contributed by atoms with Gasteiger partial charge in [-0.15, -0.1) is 0 Å². The second-order valence-corrected chi connectivity index (χ2v) is 8.02. The lowest BCUT2D eigenvalue weighted by atomic mass is 10.0. The summed E-state index contributed by atoms with van der Waals surface area (Å²) < 4.78 is 13.6. The van der Waals surface area contributed by atoms with Crippen molar-refractivity contribution in [3.8, 4) is 6.07 Å². The van der Waals surface area contributed by atoms with Gasteiger partial charge in [0.15, 0.2) is 0 Å². The number of nitriles is 1. The third-order valence-electron chi connectivity index (χ3n) is 6.22. The Bertz CT molecular complexity index is 916. The van der Waals surface area contributed by atoms with Crippen LogP contribution in [0.2, 0.25) is 0 Å². The summed E-state index contributed by atoms with van der Waals surface area (Å²) in [5.74, 6) is -0.134. The normalized spacial score (nSPS) is 23.3. The van der Waals surface area contributed by atoms with Gasteiger partial charge in [-0.1, -0.05) is 12.1 Å². The van der Waals surface area contributed by atoms with E-state index in [1.54, 1.807) is 0 Å². The molecule has 2 fully saturated rings. The molecular formula is C22H26FN5O. The molecule has 6 nitrogen and oxygen atoms in total. The average molecular weight is 395 g/mol. The summed E-state index contributed by atoms with van der Waals surface area (Å²) in [6.45, 7) is 1.95. The highest BCUT2D eigenvalue weighted by molar-refractivity contribution is 5.93. The smallest absolute Gasteiger partial charge is 0.237 e. The fourth-order valence-corrected chi connectivity index (χ4v) is 4.54. The number of halogens is 1. The van der Waals surface area contributed by atoms with E-state index in [0.717, 1.165) is 31.3 Å². The summed E-state index contributed by atoms with van der Waals surface area (Å²) in [5, 5.41) is 11.5. The first-order chi connectivity index (χ1) is 14.1. The maximum atomic E-state index is 13.6. The van der Waals surface area contributed by atoms with Crippen LogP contribution in [0.25, 0.3) is 10.8 Å². The van der Waals surface area contributed by atoms with Crippen LogP contribution in [0.4, 0.5) is 10.1 Å². The van der Waals surface area contributed by atoms with Crippen LogP contribution in [0.5, 0.6) is 0 Å². The van der Waals surface area contributed by atoms with Crippen molar-refractivity contribution >= 4 is 22.4 Å². The van der Waals surface area contributed by atoms with Gasteiger partial charge in [-0.3, -0.25) is 14.7 Å². The highest BCUT2D eigenvalue weighted by Gasteiger charge is 2.36. The Balaban J connectivity index is 1.36. The average Bonchev–Trinajstić information content (AvgIpc) is 3.14. The zero-order chi connectivity index (χ0) is 20.4. The summed E-state index contributed by atoms with van der Waals surface area (Å²) in [7, 11) is 2.13. The van der Waals surface area contributed by atoms with Crippen LogP contribution in [-0.2, 0) is 4.79 Å². The van der Waals surface area contributed by atoms with E-state index >= 15 is 0 Å². The number of likely N-dealkylation sites (tertiary alicyclic amines) is 2. The van der Waals surface area contributed by atoms with Crippen LogP contribution < -0.4 is 4.90 Å². The van der Waals surface area contributed by atoms with Gasteiger partial charge in [0.05, 0.1) is 19.2 Å². The molecule has 1 aromatic heterocycles. The summed E-state index contributed by atoms with van der Waals surface area (Å²) in [6.07, 6.45) is 4.67. The summed E-state index contributed by atoms with van der Waals surface area (Å²) >= 11 is 0. The minimum absolute atomic E-state index is 0.0478. The zero-order valence-electron chi connectivity index (χ0n) is 16.7. The number of pyridine rings is 1. The summed E-state index contributed by atoms with van der Waals surface area (Å²) in [6, 6.07) is 10.1. The van der Waals surface area contributed by atoms with Gasteiger partial charge in [0.25, 0.3) is 0 Å². The Morgan fingerprint density at radius 1 is 1.34 bits per heavy atom. The molecule has 0 spiro atoms. The van der Waals surface area contributed by atoms with E-state index in [2.05, 4.69) is 52.2 Å². The predicted molar refractivity (Wildman–Crippen MR) is 110 cm³/mol. The number of anilines is 1.